The molecule has 1 N–H and O–H groups in total. The van der Waals surface area contributed by atoms with Crippen molar-refractivity contribution in [1.29, 1.82) is 5.26 Å². The number of aromatic amines is 1. The van der Waals surface area contributed by atoms with Crippen LogP contribution in [0.5, 0.6) is 5.75 Å². The van der Waals surface area contributed by atoms with Crippen LogP contribution in [-0.2, 0) is 6.54 Å². The number of nitrogens with one attached hydrogen (secondary N) is 1. The quantitative estimate of drug-likeness (QED) is 0.798. The summed E-state index contributed by atoms with van der Waals surface area (Å²) in [6, 6.07) is 13.8. The number of benzene rings is 1. The van der Waals surface area contributed by atoms with Crippen LogP contribution in [0.2, 0.25) is 0 Å². The lowest BCUT2D eigenvalue weighted by molar-refractivity contribution is 0.414. The van der Waals surface area contributed by atoms with Crippen LogP contribution in [0.15, 0.2) is 48.9 Å². The van der Waals surface area contributed by atoms with E-state index in [0.29, 0.717) is 12.1 Å². The van der Waals surface area contributed by atoms with Crippen molar-refractivity contribution in [3.05, 3.63) is 71.4 Å². The zero-order chi connectivity index (χ0) is 17.2. The van der Waals surface area contributed by atoms with Crippen molar-refractivity contribution in [3.63, 3.8) is 0 Å². The standard InChI is InChI=1S/C19H17N5O/c1-25-15-4-2-3-14(8-15)16-10-24(11-17-19(16)23-12-22-17)18-7-13(9-20)5-6-21-18/h2-8,12,16H,10-11H2,1H3,(H,22,23). The Morgan fingerprint density at radius 3 is 3.04 bits per heavy atom. The zero-order valence-corrected chi connectivity index (χ0v) is 13.8. The number of nitrogens with zero attached hydrogens (tertiary/aromatic N) is 4. The maximum absolute atomic E-state index is 9.15. The highest BCUT2D eigenvalue weighted by atomic mass is 16.5. The first-order chi connectivity index (χ1) is 12.3. The van der Waals surface area contributed by atoms with E-state index in [2.05, 4.69) is 32.0 Å². The lowest BCUT2D eigenvalue weighted by Crippen LogP contribution is -2.34. The van der Waals surface area contributed by atoms with Gasteiger partial charge in [0, 0.05) is 18.7 Å². The minimum atomic E-state index is 0.109. The van der Waals surface area contributed by atoms with E-state index in [-0.39, 0.29) is 5.92 Å². The Labute approximate surface area is 145 Å². The van der Waals surface area contributed by atoms with Gasteiger partial charge in [-0.25, -0.2) is 9.97 Å². The fourth-order valence-corrected chi connectivity index (χ4v) is 3.28. The van der Waals surface area contributed by atoms with Crippen molar-refractivity contribution < 1.29 is 4.74 Å². The number of anilines is 1. The predicted octanol–water partition coefficient (Wildman–Crippen LogP) is 2.84. The molecular formula is C19H17N5O. The van der Waals surface area contributed by atoms with Gasteiger partial charge >= 0.3 is 0 Å². The molecule has 124 valence electrons. The van der Waals surface area contributed by atoms with Gasteiger partial charge in [0.05, 0.1) is 43.0 Å². The SMILES string of the molecule is COc1cccc(C2CN(c3cc(C#N)ccn3)Cc3[nH]cnc32)c1. The van der Waals surface area contributed by atoms with Gasteiger partial charge in [-0.3, -0.25) is 0 Å². The topological polar surface area (TPSA) is 77.8 Å². The van der Waals surface area contributed by atoms with E-state index in [4.69, 9.17) is 10.00 Å². The lowest BCUT2D eigenvalue weighted by Gasteiger charge is -2.33. The summed E-state index contributed by atoms with van der Waals surface area (Å²) in [5.74, 6) is 1.74. The number of ether oxygens (including phenoxy) is 1. The van der Waals surface area contributed by atoms with E-state index in [1.165, 1.54) is 0 Å². The fourth-order valence-electron chi connectivity index (χ4n) is 3.28. The summed E-state index contributed by atoms with van der Waals surface area (Å²) in [6.45, 7) is 1.44. The third kappa shape index (κ3) is 2.81. The van der Waals surface area contributed by atoms with Crippen molar-refractivity contribution in [2.45, 2.75) is 12.5 Å². The first-order valence-electron chi connectivity index (χ1n) is 8.05. The first-order valence-corrected chi connectivity index (χ1v) is 8.05. The van der Waals surface area contributed by atoms with E-state index in [1.54, 1.807) is 25.7 Å². The average molecular weight is 331 g/mol. The van der Waals surface area contributed by atoms with E-state index < -0.39 is 0 Å². The number of H-pyrrole nitrogens is 1. The number of rotatable bonds is 3. The van der Waals surface area contributed by atoms with Gasteiger partial charge in [0.25, 0.3) is 0 Å². The van der Waals surface area contributed by atoms with Crippen molar-refractivity contribution in [3.8, 4) is 11.8 Å². The minimum Gasteiger partial charge on any atom is -0.497 e. The molecule has 0 spiro atoms. The van der Waals surface area contributed by atoms with Crippen molar-refractivity contribution in [2.24, 2.45) is 0 Å². The van der Waals surface area contributed by atoms with Crippen LogP contribution < -0.4 is 9.64 Å². The molecule has 0 saturated heterocycles. The number of aromatic nitrogens is 3. The minimum absolute atomic E-state index is 0.109. The molecule has 1 aromatic carbocycles. The maximum atomic E-state index is 9.15. The molecule has 0 amide bonds. The van der Waals surface area contributed by atoms with Crippen LogP contribution in [0, 0.1) is 11.3 Å². The van der Waals surface area contributed by atoms with Crippen molar-refractivity contribution in [1.82, 2.24) is 15.0 Å². The highest BCUT2D eigenvalue weighted by molar-refractivity contribution is 5.49. The zero-order valence-electron chi connectivity index (χ0n) is 13.8. The summed E-state index contributed by atoms with van der Waals surface area (Å²) >= 11 is 0. The number of hydrogen-bond donors (Lipinski definition) is 1. The molecule has 1 unspecified atom stereocenters. The van der Waals surface area contributed by atoms with Gasteiger partial charge in [-0.15, -0.1) is 0 Å². The van der Waals surface area contributed by atoms with Crippen LogP contribution in [-0.4, -0.2) is 28.6 Å². The highest BCUT2D eigenvalue weighted by Gasteiger charge is 2.29. The Balaban J connectivity index is 1.73. The summed E-state index contributed by atoms with van der Waals surface area (Å²) in [5, 5.41) is 9.15. The lowest BCUT2D eigenvalue weighted by atomic mass is 9.90. The van der Waals surface area contributed by atoms with Crippen LogP contribution in [0.25, 0.3) is 0 Å². The third-order valence-corrected chi connectivity index (χ3v) is 4.53. The summed E-state index contributed by atoms with van der Waals surface area (Å²) in [5.41, 5.74) is 3.89. The largest absolute Gasteiger partial charge is 0.497 e. The Morgan fingerprint density at radius 2 is 2.20 bits per heavy atom. The van der Waals surface area contributed by atoms with E-state index in [0.717, 1.165) is 35.1 Å². The molecule has 1 aliphatic rings. The van der Waals surface area contributed by atoms with Gasteiger partial charge in [-0.2, -0.15) is 5.26 Å². The molecular weight excluding hydrogens is 314 g/mol. The van der Waals surface area contributed by atoms with Crippen LogP contribution in [0.3, 0.4) is 0 Å². The smallest absolute Gasteiger partial charge is 0.130 e. The average Bonchev–Trinajstić information content (AvgIpc) is 3.16. The van der Waals surface area contributed by atoms with Crippen LogP contribution in [0.4, 0.5) is 5.82 Å². The number of fused-ring (bicyclic) bond motifs is 1. The van der Waals surface area contributed by atoms with Gasteiger partial charge in [0.2, 0.25) is 0 Å². The third-order valence-electron chi connectivity index (χ3n) is 4.53. The number of methoxy groups -OCH3 is 1. The molecule has 25 heavy (non-hydrogen) atoms. The molecule has 3 aromatic rings. The van der Waals surface area contributed by atoms with Crippen molar-refractivity contribution >= 4 is 5.82 Å². The Hall–Kier alpha value is -3.33. The van der Waals surface area contributed by atoms with E-state index >= 15 is 0 Å². The predicted molar refractivity (Wildman–Crippen MR) is 93.4 cm³/mol. The summed E-state index contributed by atoms with van der Waals surface area (Å²) in [6.07, 6.45) is 3.41. The normalized spacial score (nSPS) is 16.2. The van der Waals surface area contributed by atoms with Gasteiger partial charge in [-0.05, 0) is 29.8 Å². The number of hydrogen-bond acceptors (Lipinski definition) is 5. The molecule has 4 rings (SSSR count). The number of imidazole rings is 1. The Morgan fingerprint density at radius 1 is 1.28 bits per heavy atom. The monoisotopic (exact) mass is 331 g/mol. The second-order valence-corrected chi connectivity index (χ2v) is 5.99. The van der Waals surface area contributed by atoms with Crippen LogP contribution in [0.1, 0.15) is 28.4 Å². The maximum Gasteiger partial charge on any atom is 0.130 e. The molecule has 0 aliphatic carbocycles. The number of nitriles is 1. The molecule has 6 nitrogen and oxygen atoms in total. The van der Waals surface area contributed by atoms with Gasteiger partial charge in [0.15, 0.2) is 0 Å². The first kappa shape index (κ1) is 15.2. The molecule has 3 heterocycles. The summed E-state index contributed by atoms with van der Waals surface area (Å²) < 4.78 is 5.37. The van der Waals surface area contributed by atoms with Crippen molar-refractivity contribution in [2.75, 3.05) is 18.6 Å². The van der Waals surface area contributed by atoms with Gasteiger partial charge in [0.1, 0.15) is 11.6 Å². The molecule has 0 bridgehead atoms. The second kappa shape index (κ2) is 6.29. The molecule has 0 radical (unpaired) electrons. The Bertz CT molecular complexity index is 943. The van der Waals surface area contributed by atoms with Gasteiger partial charge < -0.3 is 14.6 Å². The summed E-state index contributed by atoms with van der Waals surface area (Å²) in [7, 11) is 1.67. The van der Waals surface area contributed by atoms with E-state index in [9.17, 15) is 0 Å². The molecule has 6 heteroatoms. The highest BCUT2D eigenvalue weighted by Crippen LogP contribution is 2.34. The Kier molecular flexibility index (Phi) is 3.82. The molecule has 1 atom stereocenters. The number of pyridine rings is 1. The van der Waals surface area contributed by atoms with Crippen LogP contribution >= 0.6 is 0 Å². The fraction of sp³-hybridized carbons (Fsp3) is 0.211. The van der Waals surface area contributed by atoms with Gasteiger partial charge in [-0.1, -0.05) is 12.1 Å². The van der Waals surface area contributed by atoms with E-state index in [1.807, 2.05) is 24.3 Å². The molecule has 0 saturated carbocycles. The second-order valence-electron chi connectivity index (χ2n) is 5.99. The molecule has 2 aromatic heterocycles. The summed E-state index contributed by atoms with van der Waals surface area (Å²) in [4.78, 5) is 14.4. The molecule has 0 fully saturated rings. The molecule has 1 aliphatic heterocycles.